The summed E-state index contributed by atoms with van der Waals surface area (Å²) in [6, 6.07) is 1.79. The first-order valence-electron chi connectivity index (χ1n) is 7.57. The zero-order valence-electron chi connectivity index (χ0n) is 12.6. The van der Waals surface area contributed by atoms with Gasteiger partial charge in [-0.05, 0) is 32.2 Å². The molecule has 0 aromatic carbocycles. The molecule has 1 aliphatic rings. The van der Waals surface area contributed by atoms with Crippen LogP contribution >= 0.6 is 11.3 Å². The van der Waals surface area contributed by atoms with Gasteiger partial charge in [-0.2, -0.15) is 0 Å². The van der Waals surface area contributed by atoms with Crippen molar-refractivity contribution in [2.75, 3.05) is 13.1 Å². The highest BCUT2D eigenvalue weighted by atomic mass is 32.1. The van der Waals surface area contributed by atoms with Crippen molar-refractivity contribution >= 4 is 11.3 Å². The van der Waals surface area contributed by atoms with Crippen molar-refractivity contribution in [1.29, 1.82) is 0 Å². The Hall–Kier alpha value is -0.450. The highest BCUT2D eigenvalue weighted by Crippen LogP contribution is 2.34. The molecule has 3 nitrogen and oxygen atoms in total. The molecule has 1 fully saturated rings. The molecule has 19 heavy (non-hydrogen) atoms. The van der Waals surface area contributed by atoms with E-state index in [2.05, 4.69) is 48.3 Å². The minimum atomic E-state index is 0.500. The van der Waals surface area contributed by atoms with Crippen molar-refractivity contribution in [2.45, 2.75) is 58.7 Å². The number of hydrogen-bond donors (Lipinski definition) is 1. The van der Waals surface area contributed by atoms with E-state index in [1.165, 1.54) is 18.0 Å². The van der Waals surface area contributed by atoms with Crippen molar-refractivity contribution in [2.24, 2.45) is 5.92 Å². The molecule has 108 valence electrons. The first-order valence-corrected chi connectivity index (χ1v) is 8.45. The average Bonchev–Trinajstić information content (AvgIpc) is 2.92. The zero-order valence-corrected chi connectivity index (χ0v) is 13.4. The number of likely N-dealkylation sites (tertiary alicyclic amines) is 1. The fraction of sp³-hybridized carbons (Fsp3) is 0.800. The van der Waals surface area contributed by atoms with Crippen molar-refractivity contribution in [3.8, 4) is 0 Å². The third kappa shape index (κ3) is 3.18. The lowest BCUT2D eigenvalue weighted by Crippen LogP contribution is -2.54. The van der Waals surface area contributed by atoms with Gasteiger partial charge in [0.2, 0.25) is 0 Å². The van der Waals surface area contributed by atoms with Crippen molar-refractivity contribution < 1.29 is 0 Å². The van der Waals surface area contributed by atoms with Crippen LogP contribution in [0.1, 0.15) is 51.6 Å². The van der Waals surface area contributed by atoms with Crippen LogP contribution in [-0.4, -0.2) is 35.1 Å². The van der Waals surface area contributed by atoms with Gasteiger partial charge < -0.3 is 5.32 Å². The molecule has 0 radical (unpaired) electrons. The van der Waals surface area contributed by atoms with Crippen LogP contribution in [0.4, 0.5) is 0 Å². The monoisotopic (exact) mass is 281 g/mol. The molecule has 2 heterocycles. The fourth-order valence-electron chi connectivity index (χ4n) is 3.33. The SMILES string of the molecule is CCNC1CCN(C(CC)c2nccs2)C(C)C1C. The summed E-state index contributed by atoms with van der Waals surface area (Å²) >= 11 is 1.80. The molecule has 1 aliphatic heterocycles. The fourth-order valence-corrected chi connectivity index (χ4v) is 4.17. The van der Waals surface area contributed by atoms with Gasteiger partial charge in [0.1, 0.15) is 5.01 Å². The van der Waals surface area contributed by atoms with Crippen molar-refractivity contribution in [3.05, 3.63) is 16.6 Å². The molecule has 1 N–H and O–H groups in total. The molecular weight excluding hydrogens is 254 g/mol. The molecule has 0 amide bonds. The molecule has 0 aliphatic carbocycles. The second-order valence-corrected chi connectivity index (χ2v) is 6.51. The Morgan fingerprint density at radius 2 is 2.26 bits per heavy atom. The van der Waals surface area contributed by atoms with E-state index in [4.69, 9.17) is 0 Å². The summed E-state index contributed by atoms with van der Waals surface area (Å²) < 4.78 is 0. The predicted molar refractivity (Wildman–Crippen MR) is 82.6 cm³/mol. The van der Waals surface area contributed by atoms with Crippen LogP contribution in [0.3, 0.4) is 0 Å². The summed E-state index contributed by atoms with van der Waals surface area (Å²) in [5.41, 5.74) is 0. The van der Waals surface area contributed by atoms with E-state index in [1.807, 2.05) is 6.20 Å². The largest absolute Gasteiger partial charge is 0.314 e. The smallest absolute Gasteiger partial charge is 0.110 e. The quantitative estimate of drug-likeness (QED) is 0.897. The topological polar surface area (TPSA) is 28.2 Å². The molecule has 4 atom stereocenters. The Balaban J connectivity index is 2.09. The maximum Gasteiger partial charge on any atom is 0.110 e. The maximum absolute atomic E-state index is 4.54. The van der Waals surface area contributed by atoms with Crippen molar-refractivity contribution in [1.82, 2.24) is 15.2 Å². The number of thiazole rings is 1. The van der Waals surface area contributed by atoms with Gasteiger partial charge in [-0.3, -0.25) is 4.90 Å². The molecule has 1 saturated heterocycles. The molecule has 0 bridgehead atoms. The first-order chi connectivity index (χ1) is 9.19. The van der Waals surface area contributed by atoms with E-state index in [0.717, 1.165) is 13.0 Å². The normalized spacial score (nSPS) is 30.4. The van der Waals surface area contributed by atoms with E-state index in [9.17, 15) is 0 Å². The van der Waals surface area contributed by atoms with Gasteiger partial charge in [0, 0.05) is 30.2 Å². The molecule has 2 rings (SSSR count). The van der Waals surface area contributed by atoms with Crippen LogP contribution in [-0.2, 0) is 0 Å². The summed E-state index contributed by atoms with van der Waals surface area (Å²) in [4.78, 5) is 7.20. The number of piperidine rings is 1. The van der Waals surface area contributed by atoms with Gasteiger partial charge >= 0.3 is 0 Å². The highest BCUT2D eigenvalue weighted by molar-refractivity contribution is 7.09. The minimum absolute atomic E-state index is 0.500. The molecule has 0 saturated carbocycles. The van der Waals surface area contributed by atoms with Crippen LogP contribution in [0.15, 0.2) is 11.6 Å². The standard InChI is InChI=1S/C15H27N3S/c1-5-14(15-17-8-10-19-15)18-9-7-13(16-6-2)11(3)12(18)4/h8,10-14,16H,5-7,9H2,1-4H3. The lowest BCUT2D eigenvalue weighted by Gasteiger charge is -2.46. The third-order valence-electron chi connectivity index (χ3n) is 4.61. The van der Waals surface area contributed by atoms with E-state index in [1.54, 1.807) is 11.3 Å². The number of aromatic nitrogens is 1. The van der Waals surface area contributed by atoms with Gasteiger partial charge in [-0.1, -0.05) is 20.8 Å². The number of nitrogens with one attached hydrogen (secondary N) is 1. The van der Waals surface area contributed by atoms with Gasteiger partial charge in [-0.15, -0.1) is 11.3 Å². The summed E-state index contributed by atoms with van der Waals surface area (Å²) in [7, 11) is 0. The second kappa shape index (κ2) is 6.82. The van der Waals surface area contributed by atoms with E-state index in [0.29, 0.717) is 24.0 Å². The van der Waals surface area contributed by atoms with Gasteiger partial charge in [0.25, 0.3) is 0 Å². The van der Waals surface area contributed by atoms with E-state index < -0.39 is 0 Å². The third-order valence-corrected chi connectivity index (χ3v) is 5.48. The molecule has 1 aromatic rings. The van der Waals surface area contributed by atoms with Gasteiger partial charge in [0.15, 0.2) is 0 Å². The van der Waals surface area contributed by atoms with Gasteiger partial charge in [-0.25, -0.2) is 4.98 Å². The van der Waals surface area contributed by atoms with Crippen LogP contribution in [0.25, 0.3) is 0 Å². The minimum Gasteiger partial charge on any atom is -0.314 e. The summed E-state index contributed by atoms with van der Waals surface area (Å²) in [5.74, 6) is 0.697. The Morgan fingerprint density at radius 3 is 2.84 bits per heavy atom. The predicted octanol–water partition coefficient (Wildman–Crippen LogP) is 3.30. The van der Waals surface area contributed by atoms with E-state index >= 15 is 0 Å². The molecule has 0 spiro atoms. The Kier molecular flexibility index (Phi) is 5.37. The lowest BCUT2D eigenvalue weighted by atomic mass is 9.85. The van der Waals surface area contributed by atoms with Crippen LogP contribution in [0.2, 0.25) is 0 Å². The molecule has 4 heteroatoms. The van der Waals surface area contributed by atoms with Crippen LogP contribution < -0.4 is 5.32 Å². The Labute approximate surface area is 121 Å². The Bertz CT molecular complexity index is 365. The average molecular weight is 281 g/mol. The number of nitrogens with zero attached hydrogens (tertiary/aromatic N) is 2. The maximum atomic E-state index is 4.54. The first kappa shape index (κ1) is 14.9. The summed E-state index contributed by atoms with van der Waals surface area (Å²) in [5, 5.41) is 7.01. The second-order valence-electron chi connectivity index (χ2n) is 5.58. The van der Waals surface area contributed by atoms with Crippen LogP contribution in [0.5, 0.6) is 0 Å². The number of hydrogen-bond acceptors (Lipinski definition) is 4. The summed E-state index contributed by atoms with van der Waals surface area (Å²) in [6.07, 6.45) is 4.33. The highest BCUT2D eigenvalue weighted by Gasteiger charge is 2.36. The lowest BCUT2D eigenvalue weighted by molar-refractivity contribution is 0.0446. The van der Waals surface area contributed by atoms with Crippen molar-refractivity contribution in [3.63, 3.8) is 0 Å². The Morgan fingerprint density at radius 1 is 1.47 bits per heavy atom. The van der Waals surface area contributed by atoms with Crippen LogP contribution in [0, 0.1) is 5.92 Å². The molecular formula is C15H27N3S. The zero-order chi connectivity index (χ0) is 13.8. The number of rotatable bonds is 5. The van der Waals surface area contributed by atoms with Gasteiger partial charge in [0.05, 0.1) is 6.04 Å². The summed E-state index contributed by atoms with van der Waals surface area (Å²) in [6.45, 7) is 11.5. The molecule has 4 unspecified atom stereocenters. The molecule has 1 aromatic heterocycles. The van der Waals surface area contributed by atoms with E-state index in [-0.39, 0.29) is 0 Å².